The van der Waals surface area contributed by atoms with E-state index >= 15 is 0 Å². The van der Waals surface area contributed by atoms with Gasteiger partial charge in [0.25, 0.3) is 0 Å². The molecule has 1 rings (SSSR count). The predicted molar refractivity (Wildman–Crippen MR) is 101 cm³/mol. The molecule has 0 unspecified atom stereocenters. The molecular formula is C19H30N2O4. The van der Waals surface area contributed by atoms with Gasteiger partial charge >= 0.3 is 11.9 Å². The molecule has 25 heavy (non-hydrogen) atoms. The van der Waals surface area contributed by atoms with Crippen molar-refractivity contribution in [3.05, 3.63) is 41.5 Å². The number of rotatable bonds is 8. The number of hydrogen-bond acceptors (Lipinski definition) is 5. The Hall–Kier alpha value is -2.34. The number of nitrogens with one attached hydrogen (secondary N) is 1. The molecule has 6 heteroatoms. The number of aliphatic carboxylic acids is 1. The van der Waals surface area contributed by atoms with E-state index in [4.69, 9.17) is 10.8 Å². The molecule has 0 aliphatic carbocycles. The van der Waals surface area contributed by atoms with Crippen molar-refractivity contribution in [1.29, 1.82) is 0 Å². The quantitative estimate of drug-likeness (QED) is 0.492. The van der Waals surface area contributed by atoms with Crippen molar-refractivity contribution >= 4 is 17.6 Å². The van der Waals surface area contributed by atoms with Gasteiger partial charge in [-0.1, -0.05) is 44.2 Å². The Morgan fingerprint density at radius 2 is 1.84 bits per heavy atom. The summed E-state index contributed by atoms with van der Waals surface area (Å²) >= 11 is 0. The first-order valence-corrected chi connectivity index (χ1v) is 8.38. The van der Waals surface area contributed by atoms with Gasteiger partial charge in [0.1, 0.15) is 12.6 Å². The molecule has 6 nitrogen and oxygen atoms in total. The van der Waals surface area contributed by atoms with Crippen molar-refractivity contribution in [2.45, 2.75) is 46.6 Å². The smallest absolute Gasteiger partial charge is 0.325 e. The summed E-state index contributed by atoms with van der Waals surface area (Å²) in [6.07, 6.45) is 3.31. The Morgan fingerprint density at radius 1 is 1.32 bits per heavy atom. The van der Waals surface area contributed by atoms with Crippen LogP contribution in [0.5, 0.6) is 0 Å². The minimum Gasteiger partial charge on any atom is -0.480 e. The number of benzene rings is 1. The van der Waals surface area contributed by atoms with Crippen LogP contribution in [0.3, 0.4) is 0 Å². The van der Waals surface area contributed by atoms with Crippen LogP contribution in [-0.4, -0.2) is 36.2 Å². The van der Waals surface area contributed by atoms with E-state index < -0.39 is 18.0 Å². The van der Waals surface area contributed by atoms with Crippen molar-refractivity contribution < 1.29 is 19.4 Å². The molecule has 0 saturated heterocycles. The van der Waals surface area contributed by atoms with Crippen molar-refractivity contribution in [2.24, 2.45) is 5.73 Å². The molecule has 4 N–H and O–H groups in total. The maximum Gasteiger partial charge on any atom is 0.325 e. The molecule has 0 radical (unpaired) electrons. The monoisotopic (exact) mass is 350 g/mol. The van der Waals surface area contributed by atoms with E-state index in [2.05, 4.69) is 49.5 Å². The fourth-order valence-corrected chi connectivity index (χ4v) is 2.17. The van der Waals surface area contributed by atoms with Gasteiger partial charge in [-0.2, -0.15) is 0 Å². The average molecular weight is 350 g/mol. The lowest BCUT2D eigenvalue weighted by atomic mass is 9.99. The third kappa shape index (κ3) is 8.35. The molecule has 0 bridgehead atoms. The second-order valence-corrected chi connectivity index (χ2v) is 5.55. The average Bonchev–Trinajstić information content (AvgIpc) is 2.60. The maximum atomic E-state index is 10.9. The first kappa shape index (κ1) is 22.7. The van der Waals surface area contributed by atoms with E-state index in [1.165, 1.54) is 22.8 Å². The van der Waals surface area contributed by atoms with Crippen molar-refractivity contribution in [1.82, 2.24) is 0 Å². The zero-order valence-electron chi connectivity index (χ0n) is 15.6. The van der Waals surface area contributed by atoms with Crippen LogP contribution in [0.25, 0.3) is 0 Å². The van der Waals surface area contributed by atoms with Crippen LogP contribution >= 0.6 is 0 Å². The fraction of sp³-hybridized carbons (Fsp3) is 0.474. The second-order valence-electron chi connectivity index (χ2n) is 5.55. The number of ether oxygens (including phenoxy) is 1. The van der Waals surface area contributed by atoms with Gasteiger partial charge in [0, 0.05) is 5.69 Å². The summed E-state index contributed by atoms with van der Waals surface area (Å²) in [5.41, 5.74) is 9.51. The fourth-order valence-electron chi connectivity index (χ4n) is 2.17. The summed E-state index contributed by atoms with van der Waals surface area (Å²) < 4.78 is 4.46. The summed E-state index contributed by atoms with van der Waals surface area (Å²) in [5, 5.41) is 12.1. The van der Waals surface area contributed by atoms with Gasteiger partial charge in [-0.15, -0.1) is 0 Å². The number of aryl methyl sites for hydroxylation is 3. The van der Waals surface area contributed by atoms with Crippen molar-refractivity contribution in [3.63, 3.8) is 0 Å². The Labute approximate surface area is 150 Å². The minimum absolute atomic E-state index is 0.0617. The second kappa shape index (κ2) is 12.1. The number of carbonyl (C=O) groups excluding carboxylic acids is 1. The Balaban J connectivity index is 0.000000609. The zero-order chi connectivity index (χ0) is 19.4. The van der Waals surface area contributed by atoms with Crippen molar-refractivity contribution in [3.8, 4) is 0 Å². The Morgan fingerprint density at radius 3 is 2.20 bits per heavy atom. The number of esters is 1. The number of hydrogen-bond donors (Lipinski definition) is 3. The van der Waals surface area contributed by atoms with Crippen LogP contribution in [0.1, 0.15) is 37.5 Å². The lowest BCUT2D eigenvalue weighted by molar-refractivity contribution is -0.140. The summed E-state index contributed by atoms with van der Waals surface area (Å²) in [5.74, 6) is -1.22. The van der Waals surface area contributed by atoms with Gasteiger partial charge in [-0.3, -0.25) is 9.59 Å². The molecule has 1 atom stereocenters. The van der Waals surface area contributed by atoms with E-state index in [0.29, 0.717) is 0 Å². The lowest BCUT2D eigenvalue weighted by Gasteiger charge is -2.19. The minimum atomic E-state index is -0.824. The highest BCUT2D eigenvalue weighted by molar-refractivity contribution is 5.78. The van der Waals surface area contributed by atoms with E-state index in [9.17, 15) is 9.59 Å². The van der Waals surface area contributed by atoms with Crippen LogP contribution < -0.4 is 11.1 Å². The number of carboxylic acid groups (broad SMARTS) is 1. The number of anilines is 1. The molecule has 140 valence electrons. The number of carbonyl (C=O) groups is 2. The molecule has 0 heterocycles. The third-order valence-corrected chi connectivity index (χ3v) is 3.47. The van der Waals surface area contributed by atoms with Crippen LogP contribution in [0.2, 0.25) is 0 Å². The molecule has 0 aromatic heterocycles. The van der Waals surface area contributed by atoms with Crippen LogP contribution in [0.4, 0.5) is 5.69 Å². The highest BCUT2D eigenvalue weighted by Gasteiger charge is 2.14. The molecule has 0 aliphatic heterocycles. The highest BCUT2D eigenvalue weighted by Crippen LogP contribution is 2.25. The van der Waals surface area contributed by atoms with E-state index in [-0.39, 0.29) is 13.2 Å². The predicted octanol–water partition coefficient (Wildman–Crippen LogP) is 2.68. The largest absolute Gasteiger partial charge is 0.480 e. The molecule has 0 aliphatic rings. The first-order chi connectivity index (χ1) is 11.8. The molecular weight excluding hydrogens is 320 g/mol. The van der Waals surface area contributed by atoms with Crippen LogP contribution in [0, 0.1) is 6.92 Å². The first-order valence-electron chi connectivity index (χ1n) is 8.38. The summed E-state index contributed by atoms with van der Waals surface area (Å²) in [6.45, 7) is 11.4. The Bertz CT molecular complexity index is 560. The SMILES string of the molecule is C=CCOC(=O)CN.CCc1cc(C)cc(CC)c1N[C@@H](C)C(=O)O. The van der Waals surface area contributed by atoms with Gasteiger partial charge in [0.05, 0.1) is 6.54 Å². The summed E-state index contributed by atoms with van der Waals surface area (Å²) in [6, 6.07) is 3.68. The maximum absolute atomic E-state index is 10.9. The molecule has 1 aromatic carbocycles. The van der Waals surface area contributed by atoms with Crippen LogP contribution in [-0.2, 0) is 27.2 Å². The third-order valence-electron chi connectivity index (χ3n) is 3.47. The van der Waals surface area contributed by atoms with Gasteiger partial charge < -0.3 is 20.9 Å². The molecule has 0 spiro atoms. The van der Waals surface area contributed by atoms with Gasteiger partial charge in [-0.25, -0.2) is 0 Å². The molecule has 0 amide bonds. The Kier molecular flexibility index (Phi) is 11.0. The van der Waals surface area contributed by atoms with Crippen molar-refractivity contribution in [2.75, 3.05) is 18.5 Å². The molecule has 1 aromatic rings. The zero-order valence-corrected chi connectivity index (χ0v) is 15.6. The number of nitrogens with two attached hydrogens (primary N) is 1. The molecule has 0 fully saturated rings. The molecule has 0 saturated carbocycles. The standard InChI is InChI=1S/C14H21NO2.C5H9NO2/c1-5-11-7-9(3)8-12(6-2)13(11)15-10(4)14(16)17;1-2-3-8-5(7)4-6/h7-8,10,15H,5-6H2,1-4H3,(H,16,17);2H,1,3-4,6H2/t10-;/m0./s1. The van der Waals surface area contributed by atoms with Gasteiger partial charge in [0.2, 0.25) is 0 Å². The van der Waals surface area contributed by atoms with E-state index in [1.807, 2.05) is 0 Å². The van der Waals surface area contributed by atoms with Crippen LogP contribution in [0.15, 0.2) is 24.8 Å². The lowest BCUT2D eigenvalue weighted by Crippen LogP contribution is -2.26. The van der Waals surface area contributed by atoms with Gasteiger partial charge in [0.15, 0.2) is 0 Å². The van der Waals surface area contributed by atoms with E-state index in [1.54, 1.807) is 6.92 Å². The normalized spacial score (nSPS) is 10.9. The topological polar surface area (TPSA) is 102 Å². The summed E-state index contributed by atoms with van der Waals surface area (Å²) in [4.78, 5) is 21.1. The van der Waals surface area contributed by atoms with E-state index in [0.717, 1.165) is 18.5 Å². The summed E-state index contributed by atoms with van der Waals surface area (Å²) in [7, 11) is 0. The number of carboxylic acids is 1. The van der Waals surface area contributed by atoms with Gasteiger partial charge in [-0.05, 0) is 37.8 Å². The highest BCUT2D eigenvalue weighted by atomic mass is 16.5.